The van der Waals surface area contributed by atoms with Gasteiger partial charge in [0.1, 0.15) is 0 Å². The molecule has 24 heavy (non-hydrogen) atoms. The largest absolute Gasteiger partial charge is 0.379 e. The lowest BCUT2D eigenvalue weighted by Gasteiger charge is -2.26. The normalized spacial score (nSPS) is 15.9. The van der Waals surface area contributed by atoms with Crippen LogP contribution in [0.4, 0.5) is 0 Å². The van der Waals surface area contributed by atoms with Gasteiger partial charge in [-0.2, -0.15) is 5.10 Å². The van der Waals surface area contributed by atoms with Crippen LogP contribution in [0.1, 0.15) is 5.56 Å². The van der Waals surface area contributed by atoms with Crippen LogP contribution in [0.3, 0.4) is 0 Å². The van der Waals surface area contributed by atoms with Crippen molar-refractivity contribution in [2.24, 2.45) is 0 Å². The quantitative estimate of drug-likeness (QED) is 0.690. The summed E-state index contributed by atoms with van der Waals surface area (Å²) in [5, 5.41) is 4.29. The molecule has 0 unspecified atom stereocenters. The number of nitrogens with zero attached hydrogens (tertiary/aromatic N) is 4. The van der Waals surface area contributed by atoms with Gasteiger partial charge in [0.05, 0.1) is 23.9 Å². The minimum Gasteiger partial charge on any atom is -0.379 e. The number of benzene rings is 1. The van der Waals surface area contributed by atoms with E-state index in [1.165, 1.54) is 5.56 Å². The van der Waals surface area contributed by atoms with Crippen LogP contribution in [0.2, 0.25) is 0 Å². The lowest BCUT2D eigenvalue weighted by atomic mass is 10.1. The average molecular weight is 387 g/mol. The second-order valence-electron chi connectivity index (χ2n) is 6.00. The lowest BCUT2D eigenvalue weighted by Crippen LogP contribution is -2.37. The molecular formula is C18H19BrN4O. The number of hydrogen-bond acceptors (Lipinski definition) is 4. The number of morpholine rings is 1. The zero-order valence-corrected chi connectivity index (χ0v) is 14.9. The SMILES string of the molecule is Brc1cnn2cc(-c3ccc(CCN4CCOCC4)cc3)cnc12. The summed E-state index contributed by atoms with van der Waals surface area (Å²) in [6, 6.07) is 8.74. The molecule has 0 saturated carbocycles. The van der Waals surface area contributed by atoms with Crippen molar-refractivity contribution in [3.8, 4) is 11.1 Å². The molecule has 1 saturated heterocycles. The fraction of sp³-hybridized carbons (Fsp3) is 0.333. The summed E-state index contributed by atoms with van der Waals surface area (Å²) in [5.41, 5.74) is 4.42. The Bertz CT molecular complexity index is 825. The summed E-state index contributed by atoms with van der Waals surface area (Å²) in [5.74, 6) is 0. The van der Waals surface area contributed by atoms with E-state index in [9.17, 15) is 0 Å². The molecular weight excluding hydrogens is 368 g/mol. The van der Waals surface area contributed by atoms with E-state index < -0.39 is 0 Å². The third-order valence-corrected chi connectivity index (χ3v) is 4.98. The third-order valence-electron chi connectivity index (χ3n) is 4.42. The van der Waals surface area contributed by atoms with E-state index in [1.807, 2.05) is 12.4 Å². The molecule has 1 aliphatic heterocycles. The summed E-state index contributed by atoms with van der Waals surface area (Å²) in [4.78, 5) is 6.94. The molecule has 124 valence electrons. The van der Waals surface area contributed by atoms with Crippen LogP contribution >= 0.6 is 15.9 Å². The first-order chi connectivity index (χ1) is 11.8. The molecule has 6 heteroatoms. The molecule has 0 bridgehead atoms. The maximum Gasteiger partial charge on any atom is 0.169 e. The summed E-state index contributed by atoms with van der Waals surface area (Å²) in [7, 11) is 0. The zero-order valence-electron chi connectivity index (χ0n) is 13.4. The van der Waals surface area contributed by atoms with Crippen molar-refractivity contribution in [1.82, 2.24) is 19.5 Å². The van der Waals surface area contributed by atoms with Crippen LogP contribution in [-0.2, 0) is 11.2 Å². The molecule has 1 aliphatic rings. The van der Waals surface area contributed by atoms with Gasteiger partial charge in [-0.3, -0.25) is 4.90 Å². The Morgan fingerprint density at radius 3 is 2.62 bits per heavy atom. The smallest absolute Gasteiger partial charge is 0.169 e. The molecule has 3 heterocycles. The van der Waals surface area contributed by atoms with E-state index in [0.717, 1.165) is 60.5 Å². The van der Waals surface area contributed by atoms with Gasteiger partial charge in [0.25, 0.3) is 0 Å². The topological polar surface area (TPSA) is 42.7 Å². The lowest BCUT2D eigenvalue weighted by molar-refractivity contribution is 0.0384. The second kappa shape index (κ2) is 7.01. The second-order valence-corrected chi connectivity index (χ2v) is 6.86. The Kier molecular flexibility index (Phi) is 4.60. The number of ether oxygens (including phenoxy) is 1. The van der Waals surface area contributed by atoms with E-state index >= 15 is 0 Å². The van der Waals surface area contributed by atoms with Crippen molar-refractivity contribution in [3.63, 3.8) is 0 Å². The van der Waals surface area contributed by atoms with E-state index in [0.29, 0.717) is 0 Å². The summed E-state index contributed by atoms with van der Waals surface area (Å²) in [6.07, 6.45) is 6.74. The highest BCUT2D eigenvalue weighted by molar-refractivity contribution is 9.10. The molecule has 0 aliphatic carbocycles. The van der Waals surface area contributed by atoms with Crippen LogP contribution in [0.25, 0.3) is 16.8 Å². The number of halogens is 1. The van der Waals surface area contributed by atoms with Gasteiger partial charge in [-0.25, -0.2) is 9.50 Å². The van der Waals surface area contributed by atoms with Gasteiger partial charge >= 0.3 is 0 Å². The number of hydrogen-bond donors (Lipinski definition) is 0. The maximum absolute atomic E-state index is 5.39. The van der Waals surface area contributed by atoms with Crippen molar-refractivity contribution < 1.29 is 4.74 Å². The summed E-state index contributed by atoms with van der Waals surface area (Å²) >= 11 is 3.45. The van der Waals surface area contributed by atoms with Gasteiger partial charge in [0, 0.05) is 37.6 Å². The summed E-state index contributed by atoms with van der Waals surface area (Å²) in [6.45, 7) is 4.90. The molecule has 0 atom stereocenters. The van der Waals surface area contributed by atoms with Crippen molar-refractivity contribution in [2.75, 3.05) is 32.8 Å². The molecule has 1 fully saturated rings. The van der Waals surface area contributed by atoms with E-state index in [2.05, 4.69) is 55.2 Å². The minimum absolute atomic E-state index is 0.834. The highest BCUT2D eigenvalue weighted by Gasteiger charge is 2.10. The van der Waals surface area contributed by atoms with Gasteiger partial charge in [-0.05, 0) is 33.5 Å². The van der Waals surface area contributed by atoms with Crippen LogP contribution < -0.4 is 0 Å². The molecule has 1 aromatic carbocycles. The minimum atomic E-state index is 0.834. The molecule has 2 aromatic heterocycles. The highest BCUT2D eigenvalue weighted by atomic mass is 79.9. The third kappa shape index (κ3) is 3.36. The van der Waals surface area contributed by atoms with E-state index in [4.69, 9.17) is 4.74 Å². The summed E-state index contributed by atoms with van der Waals surface area (Å²) < 4.78 is 8.10. The number of rotatable bonds is 4. The molecule has 0 spiro atoms. The van der Waals surface area contributed by atoms with Gasteiger partial charge in [0.15, 0.2) is 5.65 Å². The van der Waals surface area contributed by atoms with Crippen molar-refractivity contribution in [1.29, 1.82) is 0 Å². The van der Waals surface area contributed by atoms with Gasteiger partial charge in [0.2, 0.25) is 0 Å². The van der Waals surface area contributed by atoms with E-state index in [-0.39, 0.29) is 0 Å². The number of aromatic nitrogens is 3. The zero-order chi connectivity index (χ0) is 16.4. The standard InChI is InChI=1S/C18H19BrN4O/c19-17-12-21-23-13-16(11-20-18(17)23)15-3-1-14(2-4-15)5-6-22-7-9-24-10-8-22/h1-4,11-13H,5-10H2. The molecule has 5 nitrogen and oxygen atoms in total. The molecule has 4 rings (SSSR count). The van der Waals surface area contributed by atoms with E-state index in [1.54, 1.807) is 10.7 Å². The van der Waals surface area contributed by atoms with Crippen molar-refractivity contribution in [2.45, 2.75) is 6.42 Å². The first kappa shape index (κ1) is 15.7. The monoisotopic (exact) mass is 386 g/mol. The molecule has 0 radical (unpaired) electrons. The predicted molar refractivity (Wildman–Crippen MR) is 97.1 cm³/mol. The van der Waals surface area contributed by atoms with Crippen molar-refractivity contribution in [3.05, 3.63) is 52.9 Å². The van der Waals surface area contributed by atoms with Crippen LogP contribution in [0.15, 0.2) is 47.3 Å². The highest BCUT2D eigenvalue weighted by Crippen LogP contribution is 2.22. The first-order valence-electron chi connectivity index (χ1n) is 8.18. The number of fused-ring (bicyclic) bond motifs is 1. The average Bonchev–Trinajstić information content (AvgIpc) is 3.02. The Morgan fingerprint density at radius 1 is 1.04 bits per heavy atom. The van der Waals surface area contributed by atoms with Crippen LogP contribution in [0, 0.1) is 0 Å². The Balaban J connectivity index is 1.45. The molecule has 0 amide bonds. The first-order valence-corrected chi connectivity index (χ1v) is 8.97. The van der Waals surface area contributed by atoms with Crippen LogP contribution in [0.5, 0.6) is 0 Å². The molecule has 0 N–H and O–H groups in total. The fourth-order valence-corrected chi connectivity index (χ4v) is 3.35. The van der Waals surface area contributed by atoms with Gasteiger partial charge < -0.3 is 4.74 Å². The fourth-order valence-electron chi connectivity index (χ4n) is 2.97. The molecule has 3 aromatic rings. The maximum atomic E-state index is 5.39. The van der Waals surface area contributed by atoms with Gasteiger partial charge in [-0.15, -0.1) is 0 Å². The Hall–Kier alpha value is -1.76. The predicted octanol–water partition coefficient (Wildman–Crippen LogP) is 3.03. The van der Waals surface area contributed by atoms with Gasteiger partial charge in [-0.1, -0.05) is 24.3 Å². The van der Waals surface area contributed by atoms with Crippen molar-refractivity contribution >= 4 is 21.6 Å². The Labute approximate surface area is 149 Å². The Morgan fingerprint density at radius 2 is 1.83 bits per heavy atom. The van der Waals surface area contributed by atoms with Crippen LogP contribution in [-0.4, -0.2) is 52.3 Å².